The number of rotatable bonds is 8. The van der Waals surface area contributed by atoms with Crippen molar-refractivity contribution in [1.29, 1.82) is 0 Å². The molecule has 0 saturated carbocycles. The molecule has 0 bridgehead atoms. The molecule has 0 radical (unpaired) electrons. The van der Waals surface area contributed by atoms with Gasteiger partial charge in [0.15, 0.2) is 5.75 Å². The van der Waals surface area contributed by atoms with Gasteiger partial charge in [-0.15, -0.1) is 0 Å². The Morgan fingerprint density at radius 1 is 0.886 bits per heavy atom. The van der Waals surface area contributed by atoms with E-state index in [0.29, 0.717) is 17.0 Å². The van der Waals surface area contributed by atoms with Crippen molar-refractivity contribution in [3.63, 3.8) is 0 Å². The maximum atomic E-state index is 13.3. The molecule has 0 spiro atoms. The summed E-state index contributed by atoms with van der Waals surface area (Å²) in [6.07, 6.45) is 0.349. The largest absolute Gasteiger partial charge is 0.495 e. The first kappa shape index (κ1) is 23.6. The van der Waals surface area contributed by atoms with Gasteiger partial charge in [0.1, 0.15) is 5.75 Å². The summed E-state index contributed by atoms with van der Waals surface area (Å²) in [4.78, 5) is 26.5. The van der Waals surface area contributed by atoms with Crippen LogP contribution in [0, 0.1) is 6.92 Å². The van der Waals surface area contributed by atoms with Crippen LogP contribution in [-0.2, 0) is 9.53 Å². The van der Waals surface area contributed by atoms with E-state index < -0.39 is 18.0 Å². The topological polar surface area (TPSA) is 91.7 Å². The van der Waals surface area contributed by atoms with Crippen molar-refractivity contribution in [2.45, 2.75) is 13.0 Å². The highest BCUT2D eigenvalue weighted by Crippen LogP contribution is 2.29. The number of aromatic nitrogens is 2. The molecule has 1 atom stereocenters. The molecular formula is C27H25N3O5. The molecule has 8 nitrogen and oxygen atoms in total. The molecule has 3 aromatic carbocycles. The molecule has 0 fully saturated rings. The Morgan fingerprint density at radius 3 is 2.20 bits per heavy atom. The quantitative estimate of drug-likeness (QED) is 0.374. The first-order valence-corrected chi connectivity index (χ1v) is 10.9. The van der Waals surface area contributed by atoms with Crippen LogP contribution in [0.5, 0.6) is 11.5 Å². The Kier molecular flexibility index (Phi) is 7.11. The van der Waals surface area contributed by atoms with Gasteiger partial charge in [-0.1, -0.05) is 54.6 Å². The number of nitrogens with zero attached hydrogens (tertiary/aromatic N) is 2. The summed E-state index contributed by atoms with van der Waals surface area (Å²) in [5, 5.41) is 7.16. The van der Waals surface area contributed by atoms with Gasteiger partial charge in [0.25, 0.3) is 5.91 Å². The number of carbonyl (C=O) groups excluding carboxylic acids is 2. The van der Waals surface area contributed by atoms with Crippen LogP contribution in [0.1, 0.15) is 27.7 Å². The SMILES string of the molecule is COc1ccc(C)cc1NC(=O)C(OC(=O)c1nn(-c2ccccc2)cc1OC)c1ccccc1. The summed E-state index contributed by atoms with van der Waals surface area (Å²) >= 11 is 0. The number of anilines is 1. The minimum absolute atomic E-state index is 0.0433. The summed E-state index contributed by atoms with van der Waals surface area (Å²) in [5.74, 6) is -0.608. The number of hydrogen-bond acceptors (Lipinski definition) is 6. The second-order valence-corrected chi connectivity index (χ2v) is 7.72. The minimum atomic E-state index is -1.24. The van der Waals surface area contributed by atoms with Gasteiger partial charge in [-0.3, -0.25) is 4.79 Å². The lowest BCUT2D eigenvalue weighted by Gasteiger charge is -2.19. The van der Waals surface area contributed by atoms with Crippen LogP contribution in [0.2, 0.25) is 0 Å². The molecule has 0 saturated heterocycles. The maximum Gasteiger partial charge on any atom is 0.363 e. The number of carbonyl (C=O) groups is 2. The third-order valence-electron chi connectivity index (χ3n) is 5.29. The zero-order valence-corrected chi connectivity index (χ0v) is 19.6. The molecule has 4 aromatic rings. The number of hydrogen-bond donors (Lipinski definition) is 1. The molecule has 35 heavy (non-hydrogen) atoms. The van der Waals surface area contributed by atoms with Gasteiger partial charge in [-0.2, -0.15) is 5.10 Å². The van der Waals surface area contributed by atoms with Gasteiger partial charge in [-0.25, -0.2) is 9.48 Å². The van der Waals surface area contributed by atoms with Crippen molar-refractivity contribution in [1.82, 2.24) is 9.78 Å². The predicted octanol–water partition coefficient (Wildman–Crippen LogP) is 4.73. The van der Waals surface area contributed by atoms with Gasteiger partial charge in [0.05, 0.1) is 31.8 Å². The van der Waals surface area contributed by atoms with E-state index in [1.165, 1.54) is 18.9 Å². The minimum Gasteiger partial charge on any atom is -0.495 e. The van der Waals surface area contributed by atoms with Crippen LogP contribution in [0.25, 0.3) is 5.69 Å². The Morgan fingerprint density at radius 2 is 1.54 bits per heavy atom. The van der Waals surface area contributed by atoms with E-state index in [4.69, 9.17) is 14.2 Å². The highest BCUT2D eigenvalue weighted by Gasteiger charge is 2.29. The van der Waals surface area contributed by atoms with E-state index in [9.17, 15) is 9.59 Å². The number of methoxy groups -OCH3 is 2. The predicted molar refractivity (Wildman–Crippen MR) is 131 cm³/mol. The molecule has 178 valence electrons. The van der Waals surface area contributed by atoms with Crippen molar-refractivity contribution in [3.05, 3.63) is 102 Å². The van der Waals surface area contributed by atoms with E-state index in [1.54, 1.807) is 42.6 Å². The molecule has 1 unspecified atom stereocenters. The molecule has 0 aliphatic heterocycles. The highest BCUT2D eigenvalue weighted by molar-refractivity contribution is 5.99. The molecule has 0 aliphatic rings. The van der Waals surface area contributed by atoms with Gasteiger partial charge < -0.3 is 19.5 Å². The Balaban J connectivity index is 1.64. The number of nitrogens with one attached hydrogen (secondary N) is 1. The zero-order chi connectivity index (χ0) is 24.8. The van der Waals surface area contributed by atoms with Crippen LogP contribution in [0.15, 0.2) is 85.1 Å². The fourth-order valence-corrected chi connectivity index (χ4v) is 3.54. The first-order chi connectivity index (χ1) is 17.0. The van der Waals surface area contributed by atoms with E-state index in [-0.39, 0.29) is 11.4 Å². The molecule has 1 heterocycles. The first-order valence-electron chi connectivity index (χ1n) is 10.9. The lowest BCUT2D eigenvalue weighted by Crippen LogP contribution is -2.26. The molecule has 1 amide bonds. The van der Waals surface area contributed by atoms with Crippen LogP contribution < -0.4 is 14.8 Å². The fourth-order valence-electron chi connectivity index (χ4n) is 3.54. The lowest BCUT2D eigenvalue weighted by molar-refractivity contribution is -0.125. The summed E-state index contributed by atoms with van der Waals surface area (Å²) in [6, 6.07) is 23.5. The number of amides is 1. The highest BCUT2D eigenvalue weighted by atomic mass is 16.6. The van der Waals surface area contributed by atoms with Crippen LogP contribution in [-0.4, -0.2) is 35.9 Å². The van der Waals surface area contributed by atoms with Crippen molar-refractivity contribution in [2.75, 3.05) is 19.5 Å². The second-order valence-electron chi connectivity index (χ2n) is 7.72. The summed E-state index contributed by atoms with van der Waals surface area (Å²) in [6.45, 7) is 1.90. The normalized spacial score (nSPS) is 11.4. The fraction of sp³-hybridized carbons (Fsp3) is 0.148. The molecule has 4 rings (SSSR count). The number of benzene rings is 3. The number of aryl methyl sites for hydroxylation is 1. The second kappa shape index (κ2) is 10.6. The van der Waals surface area contributed by atoms with E-state index >= 15 is 0 Å². The van der Waals surface area contributed by atoms with Gasteiger partial charge >= 0.3 is 5.97 Å². The molecule has 1 aromatic heterocycles. The molecule has 1 N–H and O–H groups in total. The average Bonchev–Trinajstić information content (AvgIpc) is 3.33. The lowest BCUT2D eigenvalue weighted by atomic mass is 10.1. The number of ether oxygens (including phenoxy) is 3. The van der Waals surface area contributed by atoms with E-state index in [0.717, 1.165) is 11.3 Å². The smallest absolute Gasteiger partial charge is 0.363 e. The van der Waals surface area contributed by atoms with Crippen molar-refractivity contribution < 1.29 is 23.8 Å². The van der Waals surface area contributed by atoms with E-state index in [1.807, 2.05) is 49.4 Å². The van der Waals surface area contributed by atoms with Crippen LogP contribution in [0.4, 0.5) is 5.69 Å². The number of esters is 1. The Bertz CT molecular complexity index is 1320. The van der Waals surface area contributed by atoms with Crippen LogP contribution >= 0.6 is 0 Å². The van der Waals surface area contributed by atoms with Crippen molar-refractivity contribution >= 4 is 17.6 Å². The van der Waals surface area contributed by atoms with Crippen molar-refractivity contribution in [2.24, 2.45) is 0 Å². The molecule has 0 aliphatic carbocycles. The molecule has 8 heteroatoms. The van der Waals surface area contributed by atoms with Crippen LogP contribution in [0.3, 0.4) is 0 Å². The zero-order valence-electron chi connectivity index (χ0n) is 19.6. The Labute approximate surface area is 203 Å². The summed E-state index contributed by atoms with van der Waals surface area (Å²) in [5.41, 5.74) is 2.62. The summed E-state index contributed by atoms with van der Waals surface area (Å²) in [7, 11) is 2.96. The van der Waals surface area contributed by atoms with Crippen molar-refractivity contribution in [3.8, 4) is 17.2 Å². The standard InChI is InChI=1S/C27H25N3O5/c1-18-14-15-22(33-2)21(16-18)28-26(31)25(19-10-6-4-7-11-19)35-27(32)24-23(34-3)17-30(29-24)20-12-8-5-9-13-20/h4-17,25H,1-3H3,(H,28,31). The number of para-hydroxylation sites is 1. The summed E-state index contributed by atoms with van der Waals surface area (Å²) < 4.78 is 17.9. The van der Waals surface area contributed by atoms with Gasteiger partial charge in [0.2, 0.25) is 11.8 Å². The third kappa shape index (κ3) is 5.33. The van der Waals surface area contributed by atoms with Gasteiger partial charge in [-0.05, 0) is 36.8 Å². The molecular weight excluding hydrogens is 446 g/mol. The van der Waals surface area contributed by atoms with Gasteiger partial charge in [0, 0.05) is 5.56 Å². The average molecular weight is 472 g/mol. The monoisotopic (exact) mass is 471 g/mol. The third-order valence-corrected chi connectivity index (χ3v) is 5.29. The maximum absolute atomic E-state index is 13.3. The Hall–Kier alpha value is -4.59. The van der Waals surface area contributed by atoms with E-state index in [2.05, 4.69) is 10.4 Å².